The maximum absolute atomic E-state index is 13.2. The molecule has 0 saturated carbocycles. The van der Waals surface area contributed by atoms with Crippen LogP contribution < -0.4 is 5.32 Å². The molecule has 1 amide bonds. The van der Waals surface area contributed by atoms with Crippen molar-refractivity contribution in [3.63, 3.8) is 0 Å². The van der Waals surface area contributed by atoms with Crippen molar-refractivity contribution in [3.8, 4) is 0 Å². The molecule has 0 radical (unpaired) electrons. The average molecular weight is 674 g/mol. The van der Waals surface area contributed by atoms with Gasteiger partial charge < -0.3 is 45.1 Å². The van der Waals surface area contributed by atoms with Gasteiger partial charge in [0.1, 0.15) is 12.2 Å². The van der Waals surface area contributed by atoms with Gasteiger partial charge in [0.05, 0.1) is 36.4 Å². The van der Waals surface area contributed by atoms with Gasteiger partial charge >= 0.3 is 5.97 Å². The Labute approximate surface area is 284 Å². The summed E-state index contributed by atoms with van der Waals surface area (Å²) < 4.78 is 17.9. The minimum Gasteiger partial charge on any atom is -0.478 e. The van der Waals surface area contributed by atoms with E-state index in [0.29, 0.717) is 6.42 Å². The lowest BCUT2D eigenvalue weighted by Crippen LogP contribution is -2.69. The lowest BCUT2D eigenvalue weighted by molar-refractivity contribution is -0.359. The van der Waals surface area contributed by atoms with Gasteiger partial charge in [-0.3, -0.25) is 4.79 Å². The lowest BCUT2D eigenvalue weighted by Gasteiger charge is -2.53. The van der Waals surface area contributed by atoms with Gasteiger partial charge in [-0.15, -0.1) is 0 Å². The van der Waals surface area contributed by atoms with Crippen LogP contribution in [-0.2, 0) is 23.8 Å². The Balaban J connectivity index is 2.01. The Kier molecular flexibility index (Phi) is 16.4. The van der Waals surface area contributed by atoms with Crippen LogP contribution in [0.1, 0.15) is 54.4 Å². The summed E-state index contributed by atoms with van der Waals surface area (Å²) in [5, 5.41) is 55.3. The fourth-order valence-electron chi connectivity index (χ4n) is 6.09. The Hall–Kier alpha value is -3.16. The molecule has 0 aromatic carbocycles. The van der Waals surface area contributed by atoms with Crippen molar-refractivity contribution in [2.75, 3.05) is 13.7 Å². The number of carbonyl (C=O) groups is 2. The number of amides is 1. The zero-order valence-electron chi connectivity index (χ0n) is 29.1. The molecule has 0 unspecified atom stereocenters. The number of aliphatic hydroxyl groups is 4. The number of rotatable bonds is 16. The number of hydrogen-bond acceptors (Lipinski definition) is 9. The van der Waals surface area contributed by atoms with Crippen LogP contribution in [0.15, 0.2) is 84.6 Å². The number of ether oxygens (including phenoxy) is 3. The third-order valence-electron chi connectivity index (χ3n) is 9.06. The second kappa shape index (κ2) is 19.1. The number of carbonyl (C=O) groups excluding carboxylic acids is 1. The molecule has 2 saturated heterocycles. The SMILES string of the molecule is C/C=C\C=C\[C@@H]1O[C@](O)([C@H](CC)C(=O)NC/C=C/C=C(\C)[C@@H](OC)[C@@H](C)[C@H]2C[C@@H](O)[C@@H](/C=C/C=C/C=C/C(=O)O)O2)[C@H](O)[C@H](O)C1(C)C. The standard InChI is InChI=1S/C37H55NO10/c1-8-10-13-20-30-36(5,6)33(42)34(43)37(45,48-30)26(9-2)35(44)38-22-17-16-18-24(3)32(46-7)25(4)29-23-27(39)28(47-29)19-14-11-12-15-21-31(40)41/h8,10-21,25-30,32-34,39,42-43,45H,9,22-23H2,1-7H3,(H,38,44)(H,40,41)/b10-8-,12-11+,17-16+,19-14+,20-13+,21-15+,24-18+/t25-,26+,27+,28+,29+,30-,32+,33-,34+,37+/m0/s1. The fraction of sp³-hybridized carbons (Fsp3) is 0.568. The van der Waals surface area contributed by atoms with Crippen molar-refractivity contribution >= 4 is 11.9 Å². The molecule has 2 aliphatic heterocycles. The normalized spacial score (nSPS) is 31.9. The smallest absolute Gasteiger partial charge is 0.328 e. The van der Waals surface area contributed by atoms with E-state index in [9.17, 15) is 30.0 Å². The molecule has 0 aliphatic carbocycles. The largest absolute Gasteiger partial charge is 0.478 e. The van der Waals surface area contributed by atoms with Crippen LogP contribution >= 0.6 is 0 Å². The lowest BCUT2D eigenvalue weighted by atomic mass is 9.71. The quantitative estimate of drug-likeness (QED) is 0.105. The maximum Gasteiger partial charge on any atom is 0.328 e. The molecule has 10 atom stereocenters. The van der Waals surface area contributed by atoms with Crippen LogP contribution in [-0.4, -0.2) is 99.6 Å². The first-order valence-electron chi connectivity index (χ1n) is 16.4. The summed E-state index contributed by atoms with van der Waals surface area (Å²) in [6, 6.07) is 0. The highest BCUT2D eigenvalue weighted by Gasteiger charge is 2.60. The Morgan fingerprint density at radius 2 is 1.69 bits per heavy atom. The van der Waals surface area contributed by atoms with Gasteiger partial charge in [0.2, 0.25) is 11.7 Å². The van der Waals surface area contributed by atoms with E-state index in [1.807, 2.05) is 32.9 Å². The molecule has 2 fully saturated rings. The second-order valence-corrected chi connectivity index (χ2v) is 12.9. The Bertz CT molecular complexity index is 1260. The van der Waals surface area contributed by atoms with E-state index in [1.165, 1.54) is 6.08 Å². The molecule has 11 heteroatoms. The first kappa shape index (κ1) is 41.0. The molecule has 2 aliphatic rings. The highest BCUT2D eigenvalue weighted by molar-refractivity contribution is 5.80. The van der Waals surface area contributed by atoms with E-state index in [-0.39, 0.29) is 31.1 Å². The van der Waals surface area contributed by atoms with Crippen LogP contribution in [0.4, 0.5) is 0 Å². The first-order chi connectivity index (χ1) is 22.6. The first-order valence-corrected chi connectivity index (χ1v) is 16.4. The third kappa shape index (κ3) is 10.7. The zero-order valence-corrected chi connectivity index (χ0v) is 29.1. The summed E-state index contributed by atoms with van der Waals surface area (Å²) in [6.45, 7) is 11.1. The Morgan fingerprint density at radius 3 is 2.31 bits per heavy atom. The van der Waals surface area contributed by atoms with Crippen LogP contribution in [0.25, 0.3) is 0 Å². The fourth-order valence-corrected chi connectivity index (χ4v) is 6.09. The number of allylic oxidation sites excluding steroid dienone is 9. The summed E-state index contributed by atoms with van der Waals surface area (Å²) in [6.07, 6.45) is 16.5. The average Bonchev–Trinajstić information content (AvgIpc) is 3.41. The van der Waals surface area contributed by atoms with Crippen molar-refractivity contribution in [2.24, 2.45) is 17.3 Å². The topological polar surface area (TPSA) is 175 Å². The van der Waals surface area contributed by atoms with Crippen molar-refractivity contribution in [1.29, 1.82) is 0 Å². The van der Waals surface area contributed by atoms with Gasteiger partial charge in [-0.2, -0.15) is 0 Å². The van der Waals surface area contributed by atoms with Gasteiger partial charge in [-0.25, -0.2) is 4.79 Å². The van der Waals surface area contributed by atoms with E-state index < -0.39 is 59.5 Å². The number of hydrogen-bond donors (Lipinski definition) is 6. The molecule has 0 bridgehead atoms. The predicted octanol–water partition coefficient (Wildman–Crippen LogP) is 3.52. The van der Waals surface area contributed by atoms with Crippen LogP contribution in [0, 0.1) is 17.3 Å². The number of aliphatic hydroxyl groups excluding tert-OH is 3. The minimum absolute atomic E-state index is 0.0913. The monoisotopic (exact) mass is 673 g/mol. The van der Waals surface area contributed by atoms with Crippen molar-refractivity contribution in [2.45, 2.75) is 103 Å². The molecule has 0 aromatic heterocycles. The van der Waals surface area contributed by atoms with E-state index in [4.69, 9.17) is 19.3 Å². The Morgan fingerprint density at radius 1 is 1.02 bits per heavy atom. The summed E-state index contributed by atoms with van der Waals surface area (Å²) in [5.41, 5.74) is -0.0158. The number of carboxylic acid groups (broad SMARTS) is 1. The third-order valence-corrected chi connectivity index (χ3v) is 9.06. The van der Waals surface area contributed by atoms with Gasteiger partial charge in [0, 0.05) is 37.5 Å². The number of carboxylic acids is 1. The zero-order chi connectivity index (χ0) is 36.1. The summed E-state index contributed by atoms with van der Waals surface area (Å²) in [7, 11) is 1.61. The number of nitrogens with one attached hydrogen (secondary N) is 1. The predicted molar refractivity (Wildman–Crippen MR) is 184 cm³/mol. The highest BCUT2D eigenvalue weighted by atomic mass is 16.7. The molecule has 2 heterocycles. The van der Waals surface area contributed by atoms with Gasteiger partial charge in [-0.05, 0) is 25.8 Å². The van der Waals surface area contributed by atoms with E-state index in [1.54, 1.807) is 82.6 Å². The van der Waals surface area contributed by atoms with E-state index in [0.717, 1.165) is 11.6 Å². The summed E-state index contributed by atoms with van der Waals surface area (Å²) >= 11 is 0. The van der Waals surface area contributed by atoms with Crippen LogP contribution in [0.3, 0.4) is 0 Å². The molecule has 268 valence electrons. The van der Waals surface area contributed by atoms with Crippen molar-refractivity contribution < 1.29 is 49.3 Å². The van der Waals surface area contributed by atoms with Crippen molar-refractivity contribution in [3.05, 3.63) is 84.6 Å². The minimum atomic E-state index is -2.30. The molecule has 6 N–H and O–H groups in total. The molecule has 0 aromatic rings. The van der Waals surface area contributed by atoms with Gasteiger partial charge in [0.25, 0.3) is 0 Å². The molecule has 48 heavy (non-hydrogen) atoms. The van der Waals surface area contributed by atoms with Gasteiger partial charge in [-0.1, -0.05) is 101 Å². The number of aliphatic carboxylic acids is 1. The van der Waals surface area contributed by atoms with Gasteiger partial charge in [0.15, 0.2) is 0 Å². The number of methoxy groups -OCH3 is 1. The highest BCUT2D eigenvalue weighted by Crippen LogP contribution is 2.44. The molecular weight excluding hydrogens is 618 g/mol. The summed E-state index contributed by atoms with van der Waals surface area (Å²) in [4.78, 5) is 23.8. The van der Waals surface area contributed by atoms with Crippen LogP contribution in [0.5, 0.6) is 0 Å². The summed E-state index contributed by atoms with van der Waals surface area (Å²) in [5.74, 6) is -5.10. The molecular formula is C37H55NO10. The van der Waals surface area contributed by atoms with Crippen LogP contribution in [0.2, 0.25) is 0 Å². The second-order valence-electron chi connectivity index (χ2n) is 12.9. The molecule has 2 rings (SSSR count). The van der Waals surface area contributed by atoms with Crippen molar-refractivity contribution in [1.82, 2.24) is 5.32 Å². The maximum atomic E-state index is 13.2. The van der Waals surface area contributed by atoms with E-state index >= 15 is 0 Å². The van der Waals surface area contributed by atoms with E-state index in [2.05, 4.69) is 5.32 Å². The molecule has 0 spiro atoms. The molecule has 11 nitrogen and oxygen atoms in total.